The van der Waals surface area contributed by atoms with Gasteiger partial charge in [-0.05, 0) is 12.8 Å². The molecule has 5 heteroatoms. The molecule has 1 aliphatic heterocycles. The van der Waals surface area contributed by atoms with E-state index in [1.54, 1.807) is 4.90 Å². The van der Waals surface area contributed by atoms with Crippen LogP contribution in [-0.2, 0) is 14.3 Å². The van der Waals surface area contributed by atoms with Gasteiger partial charge in [0.2, 0.25) is 5.91 Å². The molecule has 1 unspecified atom stereocenters. The van der Waals surface area contributed by atoms with Crippen molar-refractivity contribution in [3.05, 3.63) is 0 Å². The van der Waals surface area contributed by atoms with E-state index in [1.807, 2.05) is 0 Å². The molecule has 0 aromatic carbocycles. The van der Waals surface area contributed by atoms with Crippen molar-refractivity contribution in [1.29, 1.82) is 0 Å². The average Bonchev–Trinajstić information content (AvgIpc) is 2.70. The lowest BCUT2D eigenvalue weighted by Gasteiger charge is -2.16. The average molecular weight is 217 g/mol. The third kappa shape index (κ3) is 4.59. The monoisotopic (exact) mass is 217 g/mol. The Hall–Kier alpha value is -0.650. The maximum Gasteiger partial charge on any atom is 0.248 e. The number of aliphatic hydroxyl groups is 1. The third-order valence-corrected chi connectivity index (χ3v) is 2.35. The summed E-state index contributed by atoms with van der Waals surface area (Å²) < 4.78 is 9.84. The Morgan fingerprint density at radius 2 is 2.07 bits per heavy atom. The number of rotatable bonds is 6. The summed E-state index contributed by atoms with van der Waals surface area (Å²) in [4.78, 5) is 13.3. The van der Waals surface area contributed by atoms with Crippen LogP contribution in [0.1, 0.15) is 12.8 Å². The first-order valence-electron chi connectivity index (χ1n) is 5.26. The summed E-state index contributed by atoms with van der Waals surface area (Å²) in [6.07, 6.45) is 1.51. The van der Waals surface area contributed by atoms with Crippen molar-refractivity contribution in [2.24, 2.45) is 0 Å². The van der Waals surface area contributed by atoms with E-state index in [0.717, 1.165) is 25.9 Å². The summed E-state index contributed by atoms with van der Waals surface area (Å²) in [5.41, 5.74) is 0. The topological polar surface area (TPSA) is 59.0 Å². The van der Waals surface area contributed by atoms with Gasteiger partial charge < -0.3 is 19.5 Å². The highest BCUT2D eigenvalue weighted by atomic mass is 16.5. The highest BCUT2D eigenvalue weighted by molar-refractivity contribution is 5.77. The van der Waals surface area contributed by atoms with Gasteiger partial charge in [-0.1, -0.05) is 0 Å². The molecule has 0 spiro atoms. The molecule has 1 N–H and O–H groups in total. The Morgan fingerprint density at radius 3 is 2.67 bits per heavy atom. The smallest absolute Gasteiger partial charge is 0.248 e. The number of amides is 1. The van der Waals surface area contributed by atoms with Gasteiger partial charge in [-0.15, -0.1) is 0 Å². The normalized spacial score (nSPS) is 18.1. The Bertz CT molecular complexity index is 192. The van der Waals surface area contributed by atoms with Gasteiger partial charge in [0.25, 0.3) is 0 Å². The summed E-state index contributed by atoms with van der Waals surface area (Å²) in [5, 5.41) is 9.25. The van der Waals surface area contributed by atoms with E-state index in [-0.39, 0.29) is 25.7 Å². The maximum absolute atomic E-state index is 11.5. The molecule has 1 aliphatic rings. The second kappa shape index (κ2) is 6.76. The van der Waals surface area contributed by atoms with E-state index in [4.69, 9.17) is 9.47 Å². The van der Waals surface area contributed by atoms with E-state index in [0.29, 0.717) is 0 Å². The van der Waals surface area contributed by atoms with Gasteiger partial charge in [0.05, 0.1) is 13.2 Å². The lowest BCUT2D eigenvalue weighted by atomic mass is 10.4. The molecule has 1 heterocycles. The van der Waals surface area contributed by atoms with Crippen LogP contribution in [0.3, 0.4) is 0 Å². The van der Waals surface area contributed by atoms with Crippen molar-refractivity contribution in [2.45, 2.75) is 18.9 Å². The second-order valence-corrected chi connectivity index (χ2v) is 3.71. The van der Waals surface area contributed by atoms with Crippen LogP contribution in [0.4, 0.5) is 0 Å². The molecule has 0 aromatic heterocycles. The molecule has 1 amide bonds. The lowest BCUT2D eigenvalue weighted by Crippen LogP contribution is -2.32. The predicted molar refractivity (Wildman–Crippen MR) is 54.5 cm³/mol. The Morgan fingerprint density at radius 1 is 1.40 bits per heavy atom. The first-order chi connectivity index (χ1) is 7.24. The van der Waals surface area contributed by atoms with Gasteiger partial charge >= 0.3 is 0 Å². The molecule has 15 heavy (non-hydrogen) atoms. The zero-order valence-corrected chi connectivity index (χ0v) is 9.15. The molecule has 1 fully saturated rings. The molecule has 0 saturated carbocycles. The van der Waals surface area contributed by atoms with E-state index >= 15 is 0 Å². The van der Waals surface area contributed by atoms with Crippen LogP contribution in [0.15, 0.2) is 0 Å². The minimum atomic E-state index is -0.652. The van der Waals surface area contributed by atoms with Crippen LogP contribution in [0.2, 0.25) is 0 Å². The fraction of sp³-hybridized carbons (Fsp3) is 0.900. The molecule has 1 atom stereocenters. The fourth-order valence-electron chi connectivity index (χ4n) is 1.58. The van der Waals surface area contributed by atoms with Crippen LogP contribution in [0.5, 0.6) is 0 Å². The zero-order chi connectivity index (χ0) is 11.1. The molecule has 1 saturated heterocycles. The largest absolute Gasteiger partial charge is 0.388 e. The van der Waals surface area contributed by atoms with Crippen molar-refractivity contribution >= 4 is 5.91 Å². The highest BCUT2D eigenvalue weighted by Gasteiger charge is 2.17. The molecular weight excluding hydrogens is 198 g/mol. The number of aliphatic hydroxyl groups excluding tert-OH is 1. The quantitative estimate of drug-likeness (QED) is 0.659. The molecule has 1 rings (SSSR count). The summed E-state index contributed by atoms with van der Waals surface area (Å²) >= 11 is 0. The van der Waals surface area contributed by atoms with Gasteiger partial charge in [-0.25, -0.2) is 0 Å². The van der Waals surface area contributed by atoms with E-state index in [2.05, 4.69) is 0 Å². The number of likely N-dealkylation sites (tertiary alicyclic amines) is 1. The van der Waals surface area contributed by atoms with Gasteiger partial charge in [0, 0.05) is 20.2 Å². The maximum atomic E-state index is 11.5. The van der Waals surface area contributed by atoms with Crippen molar-refractivity contribution in [2.75, 3.05) is 40.0 Å². The Labute approximate surface area is 90.0 Å². The number of methoxy groups -OCH3 is 1. The molecule has 88 valence electrons. The molecular formula is C10H19NO4. The molecule has 0 aliphatic carbocycles. The molecule has 0 aromatic rings. The minimum absolute atomic E-state index is 0.0112. The Kier molecular flexibility index (Phi) is 5.60. The van der Waals surface area contributed by atoms with E-state index < -0.39 is 6.10 Å². The molecule has 0 radical (unpaired) electrons. The minimum Gasteiger partial charge on any atom is -0.388 e. The van der Waals surface area contributed by atoms with Crippen molar-refractivity contribution < 1.29 is 19.4 Å². The number of carbonyl (C=O) groups is 1. The first-order valence-corrected chi connectivity index (χ1v) is 5.26. The number of hydrogen-bond donors (Lipinski definition) is 1. The number of hydrogen-bond acceptors (Lipinski definition) is 4. The summed E-state index contributed by atoms with van der Waals surface area (Å²) in [6, 6.07) is 0. The number of nitrogens with zero attached hydrogens (tertiary/aromatic N) is 1. The van der Waals surface area contributed by atoms with E-state index in [9.17, 15) is 9.90 Å². The summed E-state index contributed by atoms with van der Waals surface area (Å²) in [7, 11) is 1.51. The van der Waals surface area contributed by atoms with Crippen molar-refractivity contribution in [1.82, 2.24) is 4.90 Å². The third-order valence-electron chi connectivity index (χ3n) is 2.35. The zero-order valence-electron chi connectivity index (χ0n) is 9.15. The Balaban J connectivity index is 2.06. The van der Waals surface area contributed by atoms with Crippen LogP contribution < -0.4 is 0 Å². The van der Waals surface area contributed by atoms with Gasteiger partial charge in [0.15, 0.2) is 0 Å². The SMILES string of the molecule is COCC(O)COCC(=O)N1CCCC1. The summed E-state index contributed by atoms with van der Waals surface area (Å²) in [5.74, 6) is 0.0112. The lowest BCUT2D eigenvalue weighted by molar-refractivity contribution is -0.136. The summed E-state index contributed by atoms with van der Waals surface area (Å²) in [6.45, 7) is 2.11. The van der Waals surface area contributed by atoms with Gasteiger partial charge in [-0.3, -0.25) is 4.79 Å². The first kappa shape index (κ1) is 12.4. The van der Waals surface area contributed by atoms with Crippen LogP contribution in [0.25, 0.3) is 0 Å². The predicted octanol–water partition coefficient (Wildman–Crippen LogP) is -0.367. The second-order valence-electron chi connectivity index (χ2n) is 3.71. The van der Waals surface area contributed by atoms with Crippen molar-refractivity contribution in [3.63, 3.8) is 0 Å². The number of ether oxygens (including phenoxy) is 2. The van der Waals surface area contributed by atoms with Crippen LogP contribution >= 0.6 is 0 Å². The number of carbonyl (C=O) groups excluding carboxylic acids is 1. The van der Waals surface area contributed by atoms with Gasteiger partial charge in [-0.2, -0.15) is 0 Å². The fourth-order valence-corrected chi connectivity index (χ4v) is 1.58. The molecule has 0 bridgehead atoms. The van der Waals surface area contributed by atoms with Crippen LogP contribution in [0, 0.1) is 0 Å². The highest BCUT2D eigenvalue weighted by Crippen LogP contribution is 2.07. The van der Waals surface area contributed by atoms with Crippen LogP contribution in [-0.4, -0.2) is 62.0 Å². The standard InChI is InChI=1S/C10H19NO4/c1-14-6-9(12)7-15-8-10(13)11-4-2-3-5-11/h9,12H,2-8H2,1H3. The van der Waals surface area contributed by atoms with E-state index in [1.165, 1.54) is 7.11 Å². The molecule has 5 nitrogen and oxygen atoms in total. The van der Waals surface area contributed by atoms with Crippen molar-refractivity contribution in [3.8, 4) is 0 Å². The van der Waals surface area contributed by atoms with Gasteiger partial charge in [0.1, 0.15) is 12.7 Å².